The molecule has 5 rings (SSSR count). The molecule has 0 aliphatic carbocycles. The number of methoxy groups -OCH3 is 2. The molecule has 0 fully saturated rings. The Balaban J connectivity index is 1.96. The molecule has 0 unspecified atom stereocenters. The Hall–Kier alpha value is -5.76. The van der Waals surface area contributed by atoms with Crippen LogP contribution in [0.3, 0.4) is 0 Å². The Morgan fingerprint density at radius 3 is 1.59 bits per heavy atom. The highest BCUT2D eigenvalue weighted by atomic mass is 16.5. The van der Waals surface area contributed by atoms with Crippen molar-refractivity contribution in [3.63, 3.8) is 0 Å². The van der Waals surface area contributed by atoms with Crippen molar-refractivity contribution in [3.8, 4) is 52.6 Å². The average Bonchev–Trinajstić information content (AvgIpc) is 3.28. The summed E-state index contributed by atoms with van der Waals surface area (Å²) in [5.41, 5.74) is 3.41. The summed E-state index contributed by atoms with van der Waals surface area (Å²) in [6.45, 7) is 0. The molecule has 0 N–H and O–H groups in total. The summed E-state index contributed by atoms with van der Waals surface area (Å²) in [5, 5.41) is 41.3. The molecule has 0 spiro atoms. The van der Waals surface area contributed by atoms with E-state index < -0.39 is 0 Å². The molecule has 7 heteroatoms. The van der Waals surface area contributed by atoms with Crippen LogP contribution in [0.15, 0.2) is 66.7 Å². The number of nitriles is 4. The summed E-state index contributed by atoms with van der Waals surface area (Å²) in [7, 11) is 3.22. The minimum Gasteiger partial charge on any atom is -0.497 e. The third kappa shape index (κ3) is 3.48. The van der Waals surface area contributed by atoms with Gasteiger partial charge in [0.05, 0.1) is 53.2 Å². The Labute approximate surface area is 212 Å². The highest BCUT2D eigenvalue weighted by Crippen LogP contribution is 2.41. The van der Waals surface area contributed by atoms with Gasteiger partial charge in [0, 0.05) is 21.9 Å². The zero-order valence-electron chi connectivity index (χ0n) is 19.9. The van der Waals surface area contributed by atoms with Gasteiger partial charge in [-0.3, -0.25) is 0 Å². The lowest BCUT2D eigenvalue weighted by molar-refractivity contribution is 0.415. The summed E-state index contributed by atoms with van der Waals surface area (Å²) >= 11 is 0. The number of para-hydroxylation sites is 1. The van der Waals surface area contributed by atoms with E-state index in [1.807, 2.05) is 65.2 Å². The first kappa shape index (κ1) is 23.0. The molecule has 0 saturated heterocycles. The Kier molecular flexibility index (Phi) is 5.67. The minimum absolute atomic E-state index is 0.0412. The minimum atomic E-state index is 0.0412. The van der Waals surface area contributed by atoms with Gasteiger partial charge < -0.3 is 14.0 Å². The molecule has 1 heterocycles. The van der Waals surface area contributed by atoms with Gasteiger partial charge in [-0.1, -0.05) is 18.2 Å². The molecule has 174 valence electrons. The maximum atomic E-state index is 10.0. The molecule has 5 aromatic rings. The van der Waals surface area contributed by atoms with Crippen LogP contribution in [-0.2, 0) is 0 Å². The Morgan fingerprint density at radius 2 is 1.14 bits per heavy atom. The van der Waals surface area contributed by atoms with Crippen molar-refractivity contribution in [3.05, 3.63) is 89.0 Å². The van der Waals surface area contributed by atoms with Crippen molar-refractivity contribution in [1.29, 1.82) is 21.0 Å². The smallest absolute Gasteiger partial charge is 0.119 e. The first-order chi connectivity index (χ1) is 18.1. The van der Waals surface area contributed by atoms with Crippen LogP contribution in [0.2, 0.25) is 0 Å². The normalized spacial score (nSPS) is 10.3. The standard InChI is InChI=1S/C30H17N5O2/c1-36-20-7-9-28-23(12-20)24-13-21(37-2)8-10-29(24)35(28)27-6-4-3-5-22(27)30-25(16-33)18(14-31)11-19(15-32)26(30)17-34/h3-13H,1-2H3. The zero-order chi connectivity index (χ0) is 26.1. The molecule has 1 aromatic heterocycles. The van der Waals surface area contributed by atoms with Gasteiger partial charge >= 0.3 is 0 Å². The lowest BCUT2D eigenvalue weighted by atomic mass is 9.88. The van der Waals surface area contributed by atoms with Crippen molar-refractivity contribution in [2.75, 3.05) is 14.2 Å². The Morgan fingerprint density at radius 1 is 0.622 bits per heavy atom. The van der Waals surface area contributed by atoms with Crippen LogP contribution in [0, 0.1) is 45.3 Å². The van der Waals surface area contributed by atoms with Crippen LogP contribution in [0.5, 0.6) is 11.5 Å². The SMILES string of the molecule is COc1ccc2c(c1)c1cc(OC)ccc1n2-c1ccccc1-c1c(C#N)c(C#N)cc(C#N)c1C#N. The van der Waals surface area contributed by atoms with E-state index >= 15 is 0 Å². The molecule has 0 saturated carbocycles. The average molecular weight is 479 g/mol. The maximum Gasteiger partial charge on any atom is 0.119 e. The van der Waals surface area contributed by atoms with E-state index in [9.17, 15) is 21.0 Å². The summed E-state index contributed by atoms with van der Waals surface area (Å²) in [4.78, 5) is 0. The summed E-state index contributed by atoms with van der Waals surface area (Å²) in [6, 6.07) is 28.3. The number of aromatic nitrogens is 1. The number of nitrogens with zero attached hydrogens (tertiary/aromatic N) is 5. The molecule has 0 radical (unpaired) electrons. The van der Waals surface area contributed by atoms with Crippen molar-refractivity contribution < 1.29 is 9.47 Å². The molecule has 0 atom stereocenters. The molecule has 0 aliphatic rings. The fraction of sp³-hybridized carbons (Fsp3) is 0.0667. The van der Waals surface area contributed by atoms with Gasteiger partial charge in [-0.2, -0.15) is 21.0 Å². The number of rotatable bonds is 4. The number of hydrogen-bond donors (Lipinski definition) is 0. The molecule has 0 aliphatic heterocycles. The molecule has 7 nitrogen and oxygen atoms in total. The van der Waals surface area contributed by atoms with E-state index in [0.717, 1.165) is 21.8 Å². The quantitative estimate of drug-likeness (QED) is 0.314. The molecule has 37 heavy (non-hydrogen) atoms. The third-order valence-corrected chi connectivity index (χ3v) is 6.39. The first-order valence-corrected chi connectivity index (χ1v) is 11.2. The molecular weight excluding hydrogens is 462 g/mol. The molecule has 0 bridgehead atoms. The predicted molar refractivity (Wildman–Crippen MR) is 138 cm³/mol. The maximum absolute atomic E-state index is 10.0. The number of ether oxygens (including phenoxy) is 2. The lowest BCUT2D eigenvalue weighted by Gasteiger charge is -2.17. The van der Waals surface area contributed by atoms with E-state index in [0.29, 0.717) is 22.7 Å². The first-order valence-electron chi connectivity index (χ1n) is 11.2. The summed E-state index contributed by atoms with van der Waals surface area (Å²) in [5.74, 6) is 1.39. The van der Waals surface area contributed by atoms with Crippen LogP contribution in [0.4, 0.5) is 0 Å². The van der Waals surface area contributed by atoms with Gasteiger partial charge in [0.2, 0.25) is 0 Å². The van der Waals surface area contributed by atoms with E-state index in [1.54, 1.807) is 26.4 Å². The van der Waals surface area contributed by atoms with Gasteiger partial charge in [0.25, 0.3) is 0 Å². The van der Waals surface area contributed by atoms with Crippen LogP contribution in [0.1, 0.15) is 22.3 Å². The highest BCUT2D eigenvalue weighted by molar-refractivity contribution is 6.11. The van der Waals surface area contributed by atoms with Gasteiger partial charge in [-0.05, 0) is 48.5 Å². The van der Waals surface area contributed by atoms with Crippen molar-refractivity contribution in [1.82, 2.24) is 4.57 Å². The number of fused-ring (bicyclic) bond motifs is 3. The fourth-order valence-electron chi connectivity index (χ4n) is 4.74. The summed E-state index contributed by atoms with van der Waals surface area (Å²) < 4.78 is 13.0. The van der Waals surface area contributed by atoms with Gasteiger partial charge in [0.15, 0.2) is 0 Å². The number of benzene rings is 4. The van der Waals surface area contributed by atoms with Crippen LogP contribution >= 0.6 is 0 Å². The second-order valence-electron chi connectivity index (χ2n) is 8.16. The van der Waals surface area contributed by atoms with Gasteiger partial charge in [0.1, 0.15) is 35.8 Å². The molecular formula is C30H17N5O2. The third-order valence-electron chi connectivity index (χ3n) is 6.39. The highest BCUT2D eigenvalue weighted by Gasteiger charge is 2.24. The van der Waals surface area contributed by atoms with E-state index in [2.05, 4.69) is 12.1 Å². The van der Waals surface area contributed by atoms with E-state index in [4.69, 9.17) is 9.47 Å². The number of hydrogen-bond acceptors (Lipinski definition) is 6. The predicted octanol–water partition coefficient (Wildman–Crippen LogP) is 5.95. The zero-order valence-corrected chi connectivity index (χ0v) is 19.9. The van der Waals surface area contributed by atoms with E-state index in [1.165, 1.54) is 6.07 Å². The lowest BCUT2D eigenvalue weighted by Crippen LogP contribution is -2.03. The molecule has 4 aromatic carbocycles. The van der Waals surface area contributed by atoms with Crippen molar-refractivity contribution >= 4 is 21.8 Å². The fourth-order valence-corrected chi connectivity index (χ4v) is 4.74. The molecule has 0 amide bonds. The van der Waals surface area contributed by atoms with Crippen LogP contribution in [0.25, 0.3) is 38.6 Å². The topological polar surface area (TPSA) is 119 Å². The van der Waals surface area contributed by atoms with Gasteiger partial charge in [-0.25, -0.2) is 0 Å². The van der Waals surface area contributed by atoms with E-state index in [-0.39, 0.29) is 27.8 Å². The van der Waals surface area contributed by atoms with Crippen molar-refractivity contribution in [2.45, 2.75) is 0 Å². The Bertz CT molecular complexity index is 1790. The van der Waals surface area contributed by atoms with Gasteiger partial charge in [-0.15, -0.1) is 0 Å². The largest absolute Gasteiger partial charge is 0.497 e. The van der Waals surface area contributed by atoms with Crippen LogP contribution < -0.4 is 9.47 Å². The second kappa shape index (κ2) is 9.12. The monoisotopic (exact) mass is 479 g/mol. The van der Waals surface area contributed by atoms with Crippen LogP contribution in [-0.4, -0.2) is 18.8 Å². The summed E-state index contributed by atoms with van der Waals surface area (Å²) in [6.07, 6.45) is 0. The second-order valence-corrected chi connectivity index (χ2v) is 8.16. The van der Waals surface area contributed by atoms with Crippen molar-refractivity contribution in [2.24, 2.45) is 0 Å².